The molecule has 0 atom stereocenters. The molecule has 0 aromatic rings. The molecule has 0 aromatic carbocycles. The highest BCUT2D eigenvalue weighted by molar-refractivity contribution is 4.91. The summed E-state index contributed by atoms with van der Waals surface area (Å²) >= 11 is 0. The molecule has 0 saturated heterocycles. The fourth-order valence-corrected chi connectivity index (χ4v) is 1.79. The summed E-state index contributed by atoms with van der Waals surface area (Å²) in [6.45, 7) is 10.8. The molecule has 0 aliphatic rings. The molecule has 0 fully saturated rings. The van der Waals surface area contributed by atoms with Crippen molar-refractivity contribution in [2.75, 3.05) is 40.3 Å². The van der Waals surface area contributed by atoms with E-state index in [1.807, 2.05) is 13.8 Å². The van der Waals surface area contributed by atoms with E-state index in [4.69, 9.17) is 5.26 Å². The molecule has 0 N–H and O–H groups in total. The van der Waals surface area contributed by atoms with Crippen LogP contribution in [0.1, 0.15) is 40.0 Å². The first-order valence-electron chi connectivity index (χ1n) is 6.69. The number of hydrogen-bond acceptors (Lipinski definition) is 3. The average Bonchev–Trinajstić information content (AvgIpc) is 2.25. The van der Waals surface area contributed by atoms with E-state index < -0.39 is 0 Å². The van der Waals surface area contributed by atoms with Gasteiger partial charge >= 0.3 is 0 Å². The van der Waals surface area contributed by atoms with Crippen LogP contribution in [0.15, 0.2) is 0 Å². The first-order chi connectivity index (χ1) is 7.91. The molecule has 0 radical (unpaired) electrons. The van der Waals surface area contributed by atoms with Crippen molar-refractivity contribution < 1.29 is 0 Å². The van der Waals surface area contributed by atoms with Gasteiger partial charge in [0.1, 0.15) is 0 Å². The molecular weight excluding hydrogens is 210 g/mol. The SMILES string of the molecule is CCCN(CCCC(C)(C)C#N)CCN(C)C. The summed E-state index contributed by atoms with van der Waals surface area (Å²) < 4.78 is 0. The van der Waals surface area contributed by atoms with Crippen LogP contribution in [-0.2, 0) is 0 Å². The summed E-state index contributed by atoms with van der Waals surface area (Å²) in [5.41, 5.74) is -0.167. The minimum absolute atomic E-state index is 0.167. The maximum absolute atomic E-state index is 8.97. The van der Waals surface area contributed by atoms with E-state index in [9.17, 15) is 0 Å². The fourth-order valence-electron chi connectivity index (χ4n) is 1.79. The molecule has 3 nitrogen and oxygen atoms in total. The molecule has 0 saturated carbocycles. The third-order valence-corrected chi connectivity index (χ3v) is 2.98. The molecule has 0 rings (SSSR count). The summed E-state index contributed by atoms with van der Waals surface area (Å²) in [5.74, 6) is 0. The van der Waals surface area contributed by atoms with Crippen molar-refractivity contribution in [3.05, 3.63) is 0 Å². The highest BCUT2D eigenvalue weighted by Crippen LogP contribution is 2.20. The molecule has 0 aliphatic carbocycles. The standard InChI is InChI=1S/C14H29N3/c1-6-9-17(12-11-16(4)5)10-7-8-14(2,3)13-15/h6-12H2,1-5H3. The van der Waals surface area contributed by atoms with Crippen LogP contribution >= 0.6 is 0 Å². The Morgan fingerprint density at radius 2 is 1.71 bits per heavy atom. The van der Waals surface area contributed by atoms with Gasteiger partial charge in [-0.2, -0.15) is 5.26 Å². The minimum atomic E-state index is -0.167. The molecular formula is C14H29N3. The zero-order valence-electron chi connectivity index (χ0n) is 12.3. The molecule has 0 heterocycles. The van der Waals surface area contributed by atoms with Crippen molar-refractivity contribution in [3.8, 4) is 6.07 Å². The van der Waals surface area contributed by atoms with Crippen molar-refractivity contribution in [3.63, 3.8) is 0 Å². The van der Waals surface area contributed by atoms with Crippen LogP contribution < -0.4 is 0 Å². The average molecular weight is 239 g/mol. The van der Waals surface area contributed by atoms with Gasteiger partial charge in [0.05, 0.1) is 11.5 Å². The second-order valence-electron chi connectivity index (χ2n) is 5.74. The largest absolute Gasteiger partial charge is 0.308 e. The van der Waals surface area contributed by atoms with Crippen molar-refractivity contribution in [1.29, 1.82) is 5.26 Å². The monoisotopic (exact) mass is 239 g/mol. The first-order valence-corrected chi connectivity index (χ1v) is 6.69. The Bertz CT molecular complexity index is 228. The highest BCUT2D eigenvalue weighted by Gasteiger charge is 2.16. The number of hydrogen-bond donors (Lipinski definition) is 0. The Hall–Kier alpha value is -0.590. The second-order valence-corrected chi connectivity index (χ2v) is 5.74. The zero-order chi connectivity index (χ0) is 13.3. The summed E-state index contributed by atoms with van der Waals surface area (Å²) in [6.07, 6.45) is 3.31. The van der Waals surface area contributed by atoms with Crippen molar-refractivity contribution in [1.82, 2.24) is 9.80 Å². The predicted molar refractivity (Wildman–Crippen MR) is 73.9 cm³/mol. The fraction of sp³-hybridized carbons (Fsp3) is 0.929. The Labute approximate surface area is 107 Å². The summed E-state index contributed by atoms with van der Waals surface area (Å²) in [6, 6.07) is 2.37. The number of rotatable bonds is 9. The summed E-state index contributed by atoms with van der Waals surface area (Å²) in [7, 11) is 4.23. The van der Waals surface area contributed by atoms with Gasteiger partial charge in [0.2, 0.25) is 0 Å². The lowest BCUT2D eigenvalue weighted by Gasteiger charge is -2.24. The second kappa shape index (κ2) is 8.49. The van der Waals surface area contributed by atoms with Gasteiger partial charge in [-0.15, -0.1) is 0 Å². The lowest BCUT2D eigenvalue weighted by Crippen LogP contribution is -2.33. The van der Waals surface area contributed by atoms with E-state index in [2.05, 4.69) is 36.9 Å². The molecule has 0 aliphatic heterocycles. The molecule has 0 aromatic heterocycles. The molecule has 17 heavy (non-hydrogen) atoms. The van der Waals surface area contributed by atoms with Gasteiger partial charge in [0.15, 0.2) is 0 Å². The van der Waals surface area contributed by atoms with Gasteiger partial charge in [-0.25, -0.2) is 0 Å². The molecule has 100 valence electrons. The van der Waals surface area contributed by atoms with E-state index in [0.717, 1.165) is 32.5 Å². The third-order valence-electron chi connectivity index (χ3n) is 2.98. The predicted octanol–water partition coefficient (Wildman–Crippen LogP) is 2.59. The van der Waals surface area contributed by atoms with Crippen LogP contribution in [0, 0.1) is 16.7 Å². The molecule has 0 amide bonds. The summed E-state index contributed by atoms with van der Waals surface area (Å²) in [4.78, 5) is 4.73. The quantitative estimate of drug-likeness (QED) is 0.619. The smallest absolute Gasteiger partial charge is 0.0683 e. The van der Waals surface area contributed by atoms with Gasteiger partial charge < -0.3 is 9.80 Å². The summed E-state index contributed by atoms with van der Waals surface area (Å²) in [5, 5.41) is 8.97. The van der Waals surface area contributed by atoms with Gasteiger partial charge in [-0.1, -0.05) is 6.92 Å². The van der Waals surface area contributed by atoms with Crippen LogP contribution in [0.4, 0.5) is 0 Å². The maximum Gasteiger partial charge on any atom is 0.0683 e. The Morgan fingerprint density at radius 3 is 2.18 bits per heavy atom. The van der Waals surface area contributed by atoms with Crippen molar-refractivity contribution >= 4 is 0 Å². The van der Waals surface area contributed by atoms with Crippen LogP contribution in [0.3, 0.4) is 0 Å². The van der Waals surface area contributed by atoms with E-state index >= 15 is 0 Å². The first kappa shape index (κ1) is 16.4. The minimum Gasteiger partial charge on any atom is -0.308 e. The molecule has 3 heteroatoms. The topological polar surface area (TPSA) is 30.3 Å². The van der Waals surface area contributed by atoms with Gasteiger partial charge in [-0.3, -0.25) is 0 Å². The van der Waals surface area contributed by atoms with Crippen LogP contribution in [0.5, 0.6) is 0 Å². The van der Waals surface area contributed by atoms with Gasteiger partial charge in [-0.05, 0) is 60.3 Å². The zero-order valence-corrected chi connectivity index (χ0v) is 12.3. The maximum atomic E-state index is 8.97. The van der Waals surface area contributed by atoms with E-state index in [0.29, 0.717) is 0 Å². The number of nitrogens with zero attached hydrogens (tertiary/aromatic N) is 3. The van der Waals surface area contributed by atoms with Crippen molar-refractivity contribution in [2.45, 2.75) is 40.0 Å². The van der Waals surface area contributed by atoms with Crippen LogP contribution in [0.25, 0.3) is 0 Å². The van der Waals surface area contributed by atoms with Crippen LogP contribution in [-0.4, -0.2) is 50.1 Å². The molecule has 0 bridgehead atoms. The van der Waals surface area contributed by atoms with Crippen molar-refractivity contribution in [2.24, 2.45) is 5.41 Å². The number of nitriles is 1. The Balaban J connectivity index is 3.89. The number of likely N-dealkylation sites (N-methyl/N-ethyl adjacent to an activating group) is 1. The third kappa shape index (κ3) is 9.14. The molecule has 0 unspecified atom stereocenters. The molecule has 0 spiro atoms. The van der Waals surface area contributed by atoms with E-state index in [1.54, 1.807) is 0 Å². The van der Waals surface area contributed by atoms with Gasteiger partial charge in [0.25, 0.3) is 0 Å². The lowest BCUT2D eigenvalue weighted by molar-refractivity contribution is 0.229. The van der Waals surface area contributed by atoms with E-state index in [1.165, 1.54) is 13.0 Å². The van der Waals surface area contributed by atoms with E-state index in [-0.39, 0.29) is 5.41 Å². The Kier molecular flexibility index (Phi) is 8.20. The highest BCUT2D eigenvalue weighted by atomic mass is 15.2. The normalized spacial score (nSPS) is 12.1. The van der Waals surface area contributed by atoms with Crippen LogP contribution in [0.2, 0.25) is 0 Å². The van der Waals surface area contributed by atoms with Gasteiger partial charge in [0, 0.05) is 13.1 Å². The lowest BCUT2D eigenvalue weighted by atomic mass is 9.90. The Morgan fingerprint density at radius 1 is 1.06 bits per heavy atom.